The van der Waals surface area contributed by atoms with Crippen molar-refractivity contribution in [3.05, 3.63) is 23.8 Å². The van der Waals surface area contributed by atoms with Crippen molar-refractivity contribution in [1.29, 1.82) is 0 Å². The van der Waals surface area contributed by atoms with Crippen LogP contribution in [0.4, 0.5) is 0 Å². The third-order valence-corrected chi connectivity index (χ3v) is 3.64. The first kappa shape index (κ1) is 13.2. The van der Waals surface area contributed by atoms with Gasteiger partial charge in [0.1, 0.15) is 13.2 Å². The monoisotopic (exact) mass is 278 g/mol. The summed E-state index contributed by atoms with van der Waals surface area (Å²) in [6.07, 6.45) is -0.403. The number of hydrogen-bond donors (Lipinski definition) is 3. The van der Waals surface area contributed by atoms with Crippen molar-refractivity contribution in [3.63, 3.8) is 0 Å². The fourth-order valence-corrected chi connectivity index (χ4v) is 2.50. The van der Waals surface area contributed by atoms with Crippen LogP contribution in [-0.2, 0) is 0 Å². The van der Waals surface area contributed by atoms with Crippen molar-refractivity contribution in [2.24, 2.45) is 5.92 Å². The van der Waals surface area contributed by atoms with E-state index in [0.717, 1.165) is 0 Å². The van der Waals surface area contributed by atoms with E-state index >= 15 is 0 Å². The van der Waals surface area contributed by atoms with Crippen LogP contribution in [0.2, 0.25) is 0 Å². The molecule has 0 aromatic heterocycles. The molecule has 2 atom stereocenters. The van der Waals surface area contributed by atoms with Crippen LogP contribution in [0, 0.1) is 5.92 Å². The summed E-state index contributed by atoms with van der Waals surface area (Å²) in [5.41, 5.74) is 0.475. The van der Waals surface area contributed by atoms with Crippen molar-refractivity contribution >= 4 is 5.91 Å². The van der Waals surface area contributed by atoms with Gasteiger partial charge in [-0.15, -0.1) is 0 Å². The summed E-state index contributed by atoms with van der Waals surface area (Å²) in [6, 6.07) is 5.27. The molecule has 2 unspecified atom stereocenters. The number of rotatable bonds is 3. The Hall–Kier alpha value is -1.79. The number of para-hydroxylation sites is 1. The largest absolute Gasteiger partial charge is 0.486 e. The van der Waals surface area contributed by atoms with Gasteiger partial charge in [-0.3, -0.25) is 4.79 Å². The van der Waals surface area contributed by atoms with E-state index in [0.29, 0.717) is 49.9 Å². The number of aliphatic hydroxyl groups is 1. The van der Waals surface area contributed by atoms with Crippen molar-refractivity contribution in [2.75, 3.05) is 32.8 Å². The van der Waals surface area contributed by atoms with Crippen molar-refractivity contribution in [3.8, 4) is 11.5 Å². The quantitative estimate of drug-likeness (QED) is 0.711. The summed E-state index contributed by atoms with van der Waals surface area (Å²) < 4.78 is 11.0. The number of benzene rings is 1. The molecule has 2 heterocycles. The lowest BCUT2D eigenvalue weighted by Gasteiger charge is -2.21. The van der Waals surface area contributed by atoms with Gasteiger partial charge in [0.25, 0.3) is 5.91 Å². The van der Waals surface area contributed by atoms with Crippen LogP contribution in [0.3, 0.4) is 0 Å². The summed E-state index contributed by atoms with van der Waals surface area (Å²) in [5.74, 6) is 0.954. The Morgan fingerprint density at radius 2 is 2.20 bits per heavy atom. The molecular weight excluding hydrogens is 260 g/mol. The van der Waals surface area contributed by atoms with Gasteiger partial charge in [-0.1, -0.05) is 6.07 Å². The molecule has 0 spiro atoms. The molecule has 1 aromatic rings. The van der Waals surface area contributed by atoms with Gasteiger partial charge in [-0.2, -0.15) is 0 Å². The first-order valence-corrected chi connectivity index (χ1v) is 6.81. The number of nitrogens with one attached hydrogen (secondary N) is 2. The molecule has 6 nitrogen and oxygen atoms in total. The molecule has 3 rings (SSSR count). The highest BCUT2D eigenvalue weighted by molar-refractivity contribution is 5.97. The molecule has 0 aliphatic carbocycles. The molecule has 1 saturated heterocycles. The zero-order valence-electron chi connectivity index (χ0n) is 11.1. The molecule has 3 N–H and O–H groups in total. The summed E-state index contributed by atoms with van der Waals surface area (Å²) in [6.45, 7) is 2.68. The number of hydrogen-bond acceptors (Lipinski definition) is 5. The third kappa shape index (κ3) is 2.57. The van der Waals surface area contributed by atoms with E-state index in [9.17, 15) is 9.90 Å². The van der Waals surface area contributed by atoms with Crippen LogP contribution < -0.4 is 20.1 Å². The maximum atomic E-state index is 12.2. The summed E-state index contributed by atoms with van der Waals surface area (Å²) in [4.78, 5) is 12.2. The fourth-order valence-electron chi connectivity index (χ4n) is 2.50. The highest BCUT2D eigenvalue weighted by atomic mass is 16.6. The van der Waals surface area contributed by atoms with Crippen LogP contribution in [0.1, 0.15) is 10.4 Å². The molecule has 0 saturated carbocycles. The molecule has 6 heteroatoms. The number of aliphatic hydroxyl groups excluding tert-OH is 1. The second kappa shape index (κ2) is 5.68. The van der Waals surface area contributed by atoms with Crippen molar-refractivity contribution < 1.29 is 19.4 Å². The minimum absolute atomic E-state index is 0.0515. The molecular formula is C14H18N2O4. The fraction of sp³-hybridized carbons (Fsp3) is 0.500. The van der Waals surface area contributed by atoms with Gasteiger partial charge in [0.2, 0.25) is 0 Å². The molecule has 108 valence electrons. The molecule has 2 aliphatic rings. The normalized spacial score (nSPS) is 24.4. The van der Waals surface area contributed by atoms with Crippen LogP contribution in [0.25, 0.3) is 0 Å². The minimum atomic E-state index is -0.403. The standard InChI is InChI=1S/C14H18N2O4/c17-11-8-15-6-9(11)7-16-14(18)10-2-1-3-12-13(10)20-5-4-19-12/h1-3,9,11,15,17H,4-8H2,(H,16,18). The average molecular weight is 278 g/mol. The topological polar surface area (TPSA) is 79.8 Å². The lowest BCUT2D eigenvalue weighted by Crippen LogP contribution is -2.34. The Balaban J connectivity index is 1.68. The van der Waals surface area contributed by atoms with Gasteiger partial charge in [-0.25, -0.2) is 0 Å². The number of carbonyl (C=O) groups excluding carboxylic acids is 1. The molecule has 1 amide bonds. The Labute approximate surface area is 117 Å². The highest BCUT2D eigenvalue weighted by Crippen LogP contribution is 2.33. The SMILES string of the molecule is O=C(NCC1CNCC1O)c1cccc2c1OCCO2. The van der Waals surface area contributed by atoms with E-state index in [1.807, 2.05) is 0 Å². The minimum Gasteiger partial charge on any atom is -0.486 e. The van der Waals surface area contributed by atoms with Gasteiger partial charge < -0.3 is 25.2 Å². The Morgan fingerprint density at radius 3 is 3.00 bits per heavy atom. The molecule has 0 radical (unpaired) electrons. The predicted octanol–water partition coefficient (Wildman–Crippen LogP) is -0.232. The molecule has 1 aromatic carbocycles. The van der Waals surface area contributed by atoms with Gasteiger partial charge in [0.05, 0.1) is 11.7 Å². The molecule has 1 fully saturated rings. The van der Waals surface area contributed by atoms with E-state index in [2.05, 4.69) is 10.6 Å². The first-order chi connectivity index (χ1) is 9.75. The summed E-state index contributed by atoms with van der Waals surface area (Å²) in [7, 11) is 0. The predicted molar refractivity (Wildman–Crippen MR) is 72.1 cm³/mol. The van der Waals surface area contributed by atoms with Crippen molar-refractivity contribution in [1.82, 2.24) is 10.6 Å². The van der Waals surface area contributed by atoms with Gasteiger partial charge in [-0.05, 0) is 12.1 Å². The zero-order valence-corrected chi connectivity index (χ0v) is 11.1. The lowest BCUT2D eigenvalue weighted by atomic mass is 10.1. The van der Waals surface area contributed by atoms with Crippen LogP contribution in [-0.4, -0.2) is 50.0 Å². The highest BCUT2D eigenvalue weighted by Gasteiger charge is 2.26. The first-order valence-electron chi connectivity index (χ1n) is 6.81. The Morgan fingerprint density at radius 1 is 1.35 bits per heavy atom. The molecule has 20 heavy (non-hydrogen) atoms. The van der Waals surface area contributed by atoms with Gasteiger partial charge in [0, 0.05) is 25.6 Å². The second-order valence-electron chi connectivity index (χ2n) is 5.03. The third-order valence-electron chi connectivity index (χ3n) is 3.64. The van der Waals surface area contributed by atoms with E-state index < -0.39 is 6.10 Å². The van der Waals surface area contributed by atoms with Crippen molar-refractivity contribution in [2.45, 2.75) is 6.10 Å². The maximum absolute atomic E-state index is 12.2. The van der Waals surface area contributed by atoms with Gasteiger partial charge >= 0.3 is 0 Å². The number of amides is 1. The lowest BCUT2D eigenvalue weighted by molar-refractivity contribution is 0.0916. The average Bonchev–Trinajstić information content (AvgIpc) is 2.89. The number of carbonyl (C=O) groups is 1. The Kier molecular flexibility index (Phi) is 3.75. The zero-order chi connectivity index (χ0) is 13.9. The number of fused-ring (bicyclic) bond motifs is 1. The van der Waals surface area contributed by atoms with Crippen LogP contribution >= 0.6 is 0 Å². The maximum Gasteiger partial charge on any atom is 0.255 e. The number of ether oxygens (including phenoxy) is 2. The second-order valence-corrected chi connectivity index (χ2v) is 5.03. The molecule has 0 bridgehead atoms. The Bertz CT molecular complexity index is 506. The van der Waals surface area contributed by atoms with Crippen LogP contribution in [0.5, 0.6) is 11.5 Å². The van der Waals surface area contributed by atoms with Gasteiger partial charge in [0.15, 0.2) is 11.5 Å². The van der Waals surface area contributed by atoms with E-state index in [1.54, 1.807) is 18.2 Å². The number of β-amino-alcohol motifs (C(OH)–C–C–N with tert-alkyl or cyclic N) is 1. The van der Waals surface area contributed by atoms with E-state index in [4.69, 9.17) is 9.47 Å². The molecule has 2 aliphatic heterocycles. The van der Waals surface area contributed by atoms with E-state index in [-0.39, 0.29) is 11.8 Å². The van der Waals surface area contributed by atoms with Crippen LogP contribution in [0.15, 0.2) is 18.2 Å². The summed E-state index contributed by atoms with van der Waals surface area (Å²) >= 11 is 0. The smallest absolute Gasteiger partial charge is 0.255 e. The van der Waals surface area contributed by atoms with E-state index in [1.165, 1.54) is 0 Å². The summed E-state index contributed by atoms with van der Waals surface area (Å²) in [5, 5.41) is 15.6.